The quantitative estimate of drug-likeness (QED) is 0.416. The molecule has 28 heavy (non-hydrogen) atoms. The summed E-state index contributed by atoms with van der Waals surface area (Å²) in [5.41, 5.74) is 10.5. The van der Waals surface area contributed by atoms with Crippen LogP contribution in [0.1, 0.15) is 0 Å². The maximum Gasteiger partial charge on any atom is 0.221 e. The van der Waals surface area contributed by atoms with Gasteiger partial charge in [-0.25, -0.2) is 4.98 Å². The molecule has 0 unspecified atom stereocenters. The Balaban J connectivity index is 1.65. The lowest BCUT2D eigenvalue weighted by Crippen LogP contribution is -2.43. The van der Waals surface area contributed by atoms with E-state index in [0.717, 1.165) is 37.3 Å². The molecule has 6 heteroatoms. The van der Waals surface area contributed by atoms with E-state index in [4.69, 9.17) is 10.2 Å². The molecule has 0 radical (unpaired) electrons. The van der Waals surface area contributed by atoms with Crippen molar-refractivity contribution in [1.82, 2.24) is 10.3 Å². The fraction of sp³-hybridized carbons (Fsp3) is 0.182. The minimum Gasteiger partial charge on any atom is -0.453 e. The third kappa shape index (κ3) is 2.70. The van der Waals surface area contributed by atoms with Crippen molar-refractivity contribution in [2.45, 2.75) is 0 Å². The Morgan fingerprint density at radius 1 is 1.04 bits per heavy atom. The number of pyridine rings is 1. The number of aromatic nitrogens is 1. The highest BCUT2D eigenvalue weighted by molar-refractivity contribution is 5.99. The van der Waals surface area contributed by atoms with E-state index in [2.05, 4.69) is 39.5 Å². The number of anilines is 2. The summed E-state index contributed by atoms with van der Waals surface area (Å²) >= 11 is 0. The molecule has 0 bridgehead atoms. The molecule has 0 amide bonds. The monoisotopic (exact) mass is 372 g/mol. The maximum absolute atomic E-state index is 12.9. The van der Waals surface area contributed by atoms with E-state index in [-0.39, 0.29) is 5.43 Å². The third-order valence-electron chi connectivity index (χ3n) is 5.28. The first kappa shape index (κ1) is 16.8. The van der Waals surface area contributed by atoms with Crippen molar-refractivity contribution in [1.29, 1.82) is 0 Å². The van der Waals surface area contributed by atoms with Crippen molar-refractivity contribution < 1.29 is 4.42 Å². The zero-order chi connectivity index (χ0) is 19.1. The molecule has 1 aliphatic heterocycles. The molecule has 1 aliphatic rings. The van der Waals surface area contributed by atoms with Crippen LogP contribution in [0.4, 0.5) is 11.4 Å². The second-order valence-electron chi connectivity index (χ2n) is 6.97. The van der Waals surface area contributed by atoms with Gasteiger partial charge in [0.25, 0.3) is 0 Å². The molecule has 5 rings (SSSR count). The van der Waals surface area contributed by atoms with Gasteiger partial charge in [-0.3, -0.25) is 4.79 Å². The van der Waals surface area contributed by atoms with Crippen molar-refractivity contribution in [3.8, 4) is 11.1 Å². The molecule has 1 fully saturated rings. The Morgan fingerprint density at radius 3 is 2.61 bits per heavy atom. The third-order valence-corrected chi connectivity index (χ3v) is 5.28. The van der Waals surface area contributed by atoms with Crippen LogP contribution in [0.2, 0.25) is 0 Å². The second kappa shape index (κ2) is 6.65. The molecule has 0 saturated carbocycles. The first-order valence-corrected chi connectivity index (χ1v) is 9.38. The first-order valence-electron chi connectivity index (χ1n) is 9.38. The topological polar surface area (TPSA) is 84.4 Å². The van der Waals surface area contributed by atoms with Crippen LogP contribution >= 0.6 is 0 Å². The number of nitrogens with zero attached hydrogens (tertiary/aromatic N) is 2. The summed E-state index contributed by atoms with van der Waals surface area (Å²) in [5.74, 6) is 0. The van der Waals surface area contributed by atoms with Gasteiger partial charge in [0.05, 0.1) is 5.39 Å². The Kier molecular flexibility index (Phi) is 3.98. The largest absolute Gasteiger partial charge is 0.453 e. The Bertz CT molecular complexity index is 1230. The molecular formula is C22H20N4O2. The van der Waals surface area contributed by atoms with E-state index in [1.807, 2.05) is 6.07 Å². The summed E-state index contributed by atoms with van der Waals surface area (Å²) in [6, 6.07) is 15.5. The van der Waals surface area contributed by atoms with Crippen molar-refractivity contribution in [3.05, 3.63) is 65.0 Å². The average Bonchev–Trinajstić information content (AvgIpc) is 2.74. The molecule has 140 valence electrons. The fourth-order valence-corrected chi connectivity index (χ4v) is 3.82. The normalized spacial score (nSPS) is 14.6. The Morgan fingerprint density at radius 2 is 1.82 bits per heavy atom. The summed E-state index contributed by atoms with van der Waals surface area (Å²) in [4.78, 5) is 19.6. The number of hydrogen-bond acceptors (Lipinski definition) is 6. The number of nitrogens with two attached hydrogens (primary N) is 1. The molecule has 4 aromatic rings. The zero-order valence-electron chi connectivity index (χ0n) is 15.3. The lowest BCUT2D eigenvalue weighted by molar-refractivity contribution is 0.589. The van der Waals surface area contributed by atoms with E-state index in [9.17, 15) is 4.79 Å². The van der Waals surface area contributed by atoms with Crippen LogP contribution in [0.5, 0.6) is 0 Å². The zero-order valence-corrected chi connectivity index (χ0v) is 15.3. The lowest BCUT2D eigenvalue weighted by Gasteiger charge is -2.29. The number of fused-ring (bicyclic) bond motifs is 2. The van der Waals surface area contributed by atoms with Gasteiger partial charge in [-0.1, -0.05) is 18.2 Å². The van der Waals surface area contributed by atoms with Gasteiger partial charge < -0.3 is 20.4 Å². The van der Waals surface area contributed by atoms with Crippen molar-refractivity contribution in [2.24, 2.45) is 0 Å². The summed E-state index contributed by atoms with van der Waals surface area (Å²) in [6.07, 6.45) is 1.64. The van der Waals surface area contributed by atoms with Gasteiger partial charge in [0.15, 0.2) is 11.1 Å². The molecule has 0 spiro atoms. The molecule has 0 aliphatic carbocycles. The Labute approximate surface area is 161 Å². The van der Waals surface area contributed by atoms with E-state index in [1.165, 1.54) is 5.69 Å². The highest BCUT2D eigenvalue weighted by Gasteiger charge is 2.16. The van der Waals surface area contributed by atoms with Gasteiger partial charge in [0.2, 0.25) is 5.43 Å². The van der Waals surface area contributed by atoms with Crippen LogP contribution in [0, 0.1) is 0 Å². The highest BCUT2D eigenvalue weighted by atomic mass is 16.3. The van der Waals surface area contributed by atoms with Gasteiger partial charge in [0, 0.05) is 49.3 Å². The minimum absolute atomic E-state index is 0.200. The SMILES string of the molecule is Nc1cccc2oc3c(-c4ccc(N5CCNCC5)cc4)ccnc3c(=O)c12. The first-order chi connectivity index (χ1) is 13.7. The number of nitrogens with one attached hydrogen (secondary N) is 1. The molecule has 6 nitrogen and oxygen atoms in total. The number of hydrogen-bond donors (Lipinski definition) is 2. The summed E-state index contributed by atoms with van der Waals surface area (Å²) < 4.78 is 6.08. The fourth-order valence-electron chi connectivity index (χ4n) is 3.82. The van der Waals surface area contributed by atoms with Gasteiger partial charge in [-0.15, -0.1) is 0 Å². The molecule has 3 N–H and O–H groups in total. The number of nitrogen functional groups attached to an aromatic ring is 1. The van der Waals surface area contributed by atoms with E-state index in [0.29, 0.717) is 27.8 Å². The number of piperazine rings is 1. The number of benzene rings is 2. The molecule has 2 aromatic heterocycles. The smallest absolute Gasteiger partial charge is 0.221 e. The maximum atomic E-state index is 12.9. The van der Waals surface area contributed by atoms with Crippen LogP contribution in [-0.2, 0) is 0 Å². The molecule has 0 atom stereocenters. The van der Waals surface area contributed by atoms with Gasteiger partial charge >= 0.3 is 0 Å². The van der Waals surface area contributed by atoms with Crippen molar-refractivity contribution >= 4 is 33.4 Å². The van der Waals surface area contributed by atoms with Crippen molar-refractivity contribution in [2.75, 3.05) is 36.8 Å². The average molecular weight is 372 g/mol. The predicted octanol–water partition coefficient (Wildman–Crippen LogP) is 3.00. The Hall–Kier alpha value is -3.38. The molecular weight excluding hydrogens is 352 g/mol. The highest BCUT2D eigenvalue weighted by Crippen LogP contribution is 2.31. The summed E-state index contributed by atoms with van der Waals surface area (Å²) in [6.45, 7) is 4.00. The van der Waals surface area contributed by atoms with Crippen LogP contribution < -0.4 is 21.4 Å². The van der Waals surface area contributed by atoms with Crippen molar-refractivity contribution in [3.63, 3.8) is 0 Å². The van der Waals surface area contributed by atoms with Gasteiger partial charge in [-0.2, -0.15) is 0 Å². The molecule has 2 aromatic carbocycles. The van der Waals surface area contributed by atoms with Gasteiger partial charge in [-0.05, 0) is 35.9 Å². The predicted molar refractivity (Wildman–Crippen MR) is 113 cm³/mol. The lowest BCUT2D eigenvalue weighted by atomic mass is 10.0. The molecule has 1 saturated heterocycles. The summed E-state index contributed by atoms with van der Waals surface area (Å²) in [7, 11) is 0. The molecule has 3 heterocycles. The van der Waals surface area contributed by atoms with E-state index in [1.54, 1.807) is 24.4 Å². The van der Waals surface area contributed by atoms with E-state index >= 15 is 0 Å². The summed E-state index contributed by atoms with van der Waals surface area (Å²) in [5, 5.41) is 3.75. The number of rotatable bonds is 2. The van der Waals surface area contributed by atoms with Crippen LogP contribution in [-0.4, -0.2) is 31.2 Å². The minimum atomic E-state index is -0.200. The standard InChI is InChI=1S/C22H20N4O2/c23-17-2-1-3-18-19(17)21(27)20-22(28-18)16(8-9-25-20)14-4-6-15(7-5-14)26-12-10-24-11-13-26/h1-9,24H,10-13,23H2. The van der Waals surface area contributed by atoms with Crippen LogP contribution in [0.3, 0.4) is 0 Å². The van der Waals surface area contributed by atoms with Gasteiger partial charge in [0.1, 0.15) is 5.58 Å². The second-order valence-corrected chi connectivity index (χ2v) is 6.97. The van der Waals surface area contributed by atoms with Crippen LogP contribution in [0.25, 0.3) is 33.2 Å². The van der Waals surface area contributed by atoms with Crippen LogP contribution in [0.15, 0.2) is 63.9 Å². The van der Waals surface area contributed by atoms with E-state index < -0.39 is 0 Å².